The van der Waals surface area contributed by atoms with Crippen LogP contribution in [-0.4, -0.2) is 63.4 Å². The van der Waals surface area contributed by atoms with Crippen LogP contribution in [0.15, 0.2) is 60.7 Å². The van der Waals surface area contributed by atoms with Gasteiger partial charge in [-0.05, 0) is 104 Å². The summed E-state index contributed by atoms with van der Waals surface area (Å²) in [7, 11) is 9.37. The Labute approximate surface area is 271 Å². The Kier molecular flexibility index (Phi) is 8.27. The maximum atomic E-state index is 10.2. The fraction of sp³-hybridized carbons (Fsp3) is 0.368. The smallest absolute Gasteiger partial charge is 0.204 e. The lowest BCUT2D eigenvalue weighted by atomic mass is 9.87. The summed E-state index contributed by atoms with van der Waals surface area (Å²) >= 11 is 0. The van der Waals surface area contributed by atoms with Crippen LogP contribution in [-0.2, 0) is 32.3 Å². The van der Waals surface area contributed by atoms with Crippen LogP contribution in [0.4, 0.5) is 0 Å². The second-order valence-electron chi connectivity index (χ2n) is 12.6. The second kappa shape index (κ2) is 12.5. The minimum absolute atomic E-state index is 0.0212. The minimum atomic E-state index is -0.106. The van der Waals surface area contributed by atoms with E-state index in [1.54, 1.807) is 21.3 Å². The Morgan fingerprint density at radius 2 is 1.39 bits per heavy atom. The predicted molar refractivity (Wildman–Crippen MR) is 177 cm³/mol. The number of fused-ring (bicyclic) bond motifs is 2. The normalized spacial score (nSPS) is 19.3. The van der Waals surface area contributed by atoms with E-state index in [-0.39, 0.29) is 18.7 Å². The lowest BCUT2D eigenvalue weighted by Gasteiger charge is -2.37. The van der Waals surface area contributed by atoms with Crippen LogP contribution in [0.25, 0.3) is 0 Å². The van der Waals surface area contributed by atoms with Crippen LogP contribution in [0.3, 0.4) is 0 Å². The number of hydrogen-bond donors (Lipinski definition) is 1. The number of methoxy groups -OCH3 is 3. The molecule has 46 heavy (non-hydrogen) atoms. The molecular weight excluding hydrogens is 580 g/mol. The van der Waals surface area contributed by atoms with Crippen LogP contribution in [0.5, 0.6) is 40.2 Å². The van der Waals surface area contributed by atoms with Gasteiger partial charge in [0.2, 0.25) is 5.75 Å². The largest absolute Gasteiger partial charge is 0.493 e. The molecule has 4 aromatic rings. The molecule has 4 aromatic carbocycles. The van der Waals surface area contributed by atoms with E-state index in [2.05, 4.69) is 66.4 Å². The SMILES string of the molecule is COc1cc2c3cc1Oc1c(OC)c(OC)cc4c1[C@@H](Cc1ccc(CO)c(c1)Oc1ccc(cc1)C[C@@H]3N(C)CC2)N(C)CC4. The van der Waals surface area contributed by atoms with Crippen molar-refractivity contribution in [2.24, 2.45) is 0 Å². The van der Waals surface area contributed by atoms with Crippen molar-refractivity contribution in [2.75, 3.05) is 48.5 Å². The first-order chi connectivity index (χ1) is 22.4. The van der Waals surface area contributed by atoms with Gasteiger partial charge in [0.05, 0.1) is 27.9 Å². The molecule has 1 N–H and O–H groups in total. The van der Waals surface area contributed by atoms with Crippen molar-refractivity contribution in [1.29, 1.82) is 0 Å². The van der Waals surface area contributed by atoms with E-state index in [9.17, 15) is 5.11 Å². The second-order valence-corrected chi connectivity index (χ2v) is 12.6. The monoisotopic (exact) mass is 622 g/mol. The zero-order chi connectivity index (χ0) is 31.9. The van der Waals surface area contributed by atoms with E-state index >= 15 is 0 Å². The Bertz CT molecular complexity index is 1750. The van der Waals surface area contributed by atoms with Gasteiger partial charge in [-0.3, -0.25) is 9.80 Å². The van der Waals surface area contributed by atoms with Crippen LogP contribution in [0.2, 0.25) is 0 Å². The first-order valence-corrected chi connectivity index (χ1v) is 16.0. The minimum Gasteiger partial charge on any atom is -0.493 e. The van der Waals surface area contributed by atoms with Crippen LogP contribution in [0, 0.1) is 0 Å². The molecule has 0 radical (unpaired) electrons. The average molecular weight is 623 g/mol. The fourth-order valence-electron chi connectivity index (χ4n) is 7.30. The van der Waals surface area contributed by atoms with Crippen LogP contribution >= 0.6 is 0 Å². The molecule has 4 aliphatic rings. The summed E-state index contributed by atoms with van der Waals surface area (Å²) in [5.74, 6) is 4.60. The average Bonchev–Trinajstić information content (AvgIpc) is 3.07. The van der Waals surface area contributed by atoms with Gasteiger partial charge in [0.25, 0.3) is 0 Å². The fourth-order valence-corrected chi connectivity index (χ4v) is 7.30. The summed E-state index contributed by atoms with van der Waals surface area (Å²) < 4.78 is 31.3. The number of rotatable bonds is 4. The molecule has 8 rings (SSSR count). The maximum Gasteiger partial charge on any atom is 0.204 e. The molecule has 0 spiro atoms. The topological polar surface area (TPSA) is 72.9 Å². The van der Waals surface area contributed by atoms with Gasteiger partial charge in [-0.2, -0.15) is 0 Å². The summed E-state index contributed by atoms with van der Waals surface area (Å²) in [5.41, 5.74) is 7.80. The number of nitrogens with zero attached hydrogens (tertiary/aromatic N) is 2. The van der Waals surface area contributed by atoms with E-state index in [0.717, 1.165) is 54.8 Å². The molecule has 6 bridgehead atoms. The van der Waals surface area contributed by atoms with Crippen molar-refractivity contribution >= 4 is 0 Å². The van der Waals surface area contributed by atoms with Crippen molar-refractivity contribution in [2.45, 2.75) is 44.4 Å². The molecule has 2 atom stereocenters. The summed E-state index contributed by atoms with van der Waals surface area (Å²) in [6.45, 7) is 1.73. The molecule has 0 unspecified atom stereocenters. The number of likely N-dealkylation sites (N-methyl/N-ethyl adjacent to an activating group) is 2. The van der Waals surface area contributed by atoms with Crippen molar-refractivity contribution < 1.29 is 28.8 Å². The van der Waals surface area contributed by atoms with Gasteiger partial charge in [0.15, 0.2) is 23.0 Å². The first kappa shape index (κ1) is 30.4. The van der Waals surface area contributed by atoms with E-state index in [1.165, 1.54) is 22.3 Å². The molecule has 0 aromatic heterocycles. The highest BCUT2D eigenvalue weighted by Gasteiger charge is 2.34. The number of ether oxygens (including phenoxy) is 5. The first-order valence-electron chi connectivity index (χ1n) is 16.0. The van der Waals surface area contributed by atoms with Gasteiger partial charge in [-0.25, -0.2) is 0 Å². The standard InChI is InChI=1S/C38H42N2O6/c1-39-14-12-25-19-33(42-3)34-21-29(25)30(39)16-23-7-10-28(11-8-23)45-32-18-24(6-9-27(32)22-41)17-31-36-26(13-15-40(31)2)20-35(43-4)37(44-5)38(36)46-34/h6-11,18-21,30-31,41H,12-17,22H2,1-5H3/t30-,31+/m0/s1. The number of hydrogen-bond acceptors (Lipinski definition) is 8. The third kappa shape index (κ3) is 5.44. The summed E-state index contributed by atoms with van der Waals surface area (Å²) in [6.07, 6.45) is 3.31. The lowest BCUT2D eigenvalue weighted by molar-refractivity contribution is 0.220. The molecule has 240 valence electrons. The highest BCUT2D eigenvalue weighted by Crippen LogP contribution is 2.51. The predicted octanol–water partition coefficient (Wildman–Crippen LogP) is 6.65. The van der Waals surface area contributed by atoms with Crippen LogP contribution in [0.1, 0.15) is 51.0 Å². The maximum absolute atomic E-state index is 10.2. The molecule has 8 nitrogen and oxygen atoms in total. The molecule has 8 heteroatoms. The van der Waals surface area contributed by atoms with Gasteiger partial charge in [-0.1, -0.05) is 24.3 Å². The Hall–Kier alpha value is -4.24. The molecule has 4 aliphatic heterocycles. The van der Waals surface area contributed by atoms with Gasteiger partial charge >= 0.3 is 0 Å². The summed E-state index contributed by atoms with van der Waals surface area (Å²) in [4.78, 5) is 4.78. The van der Waals surface area contributed by atoms with E-state index < -0.39 is 0 Å². The number of aliphatic hydroxyl groups is 1. The third-order valence-electron chi connectivity index (χ3n) is 9.92. The van der Waals surface area contributed by atoms with Crippen LogP contribution < -0.4 is 23.7 Å². The van der Waals surface area contributed by atoms with E-state index in [4.69, 9.17) is 23.7 Å². The molecule has 0 aliphatic carbocycles. The number of aliphatic hydroxyl groups excluding tert-OH is 1. The highest BCUT2D eigenvalue weighted by molar-refractivity contribution is 5.63. The van der Waals surface area contributed by atoms with Gasteiger partial charge in [0, 0.05) is 36.3 Å². The Morgan fingerprint density at radius 1 is 0.717 bits per heavy atom. The Balaban J connectivity index is 1.47. The third-order valence-corrected chi connectivity index (χ3v) is 9.92. The Morgan fingerprint density at radius 3 is 2.11 bits per heavy atom. The van der Waals surface area contributed by atoms with Crippen molar-refractivity contribution in [1.82, 2.24) is 9.80 Å². The zero-order valence-electron chi connectivity index (χ0n) is 27.3. The molecular formula is C38H42N2O6. The van der Waals surface area contributed by atoms with E-state index in [1.807, 2.05) is 18.2 Å². The summed E-state index contributed by atoms with van der Waals surface area (Å²) in [6, 6.07) is 20.9. The van der Waals surface area contributed by atoms with Gasteiger partial charge < -0.3 is 28.8 Å². The van der Waals surface area contributed by atoms with Crippen molar-refractivity contribution in [3.8, 4) is 40.2 Å². The molecule has 0 saturated heterocycles. The molecule has 0 amide bonds. The zero-order valence-corrected chi connectivity index (χ0v) is 27.3. The summed E-state index contributed by atoms with van der Waals surface area (Å²) in [5, 5.41) is 10.2. The molecule has 0 fully saturated rings. The lowest BCUT2D eigenvalue weighted by Crippen LogP contribution is -2.34. The van der Waals surface area contributed by atoms with Gasteiger partial charge in [-0.15, -0.1) is 0 Å². The number of benzene rings is 4. The van der Waals surface area contributed by atoms with E-state index in [0.29, 0.717) is 40.9 Å². The highest BCUT2D eigenvalue weighted by atomic mass is 16.5. The quantitative estimate of drug-likeness (QED) is 0.272. The van der Waals surface area contributed by atoms with Gasteiger partial charge in [0.1, 0.15) is 11.5 Å². The van der Waals surface area contributed by atoms with Crippen molar-refractivity contribution in [3.63, 3.8) is 0 Å². The molecule has 4 heterocycles. The molecule has 0 saturated carbocycles. The van der Waals surface area contributed by atoms with Crippen molar-refractivity contribution in [3.05, 3.63) is 99.6 Å².